The van der Waals surface area contributed by atoms with Crippen molar-refractivity contribution >= 4 is 5.91 Å². The quantitative estimate of drug-likeness (QED) is 0.0889. The van der Waals surface area contributed by atoms with Gasteiger partial charge in [0.25, 0.3) is 0 Å². The third-order valence-corrected chi connectivity index (χ3v) is 4.19. The molecule has 0 saturated carbocycles. The van der Waals surface area contributed by atoms with Crippen molar-refractivity contribution in [2.75, 3.05) is 113 Å². The molecule has 34 heavy (non-hydrogen) atoms. The molecule has 0 aromatic carbocycles. The lowest BCUT2D eigenvalue weighted by Gasteiger charge is -2.12. The van der Waals surface area contributed by atoms with E-state index in [1.807, 2.05) is 0 Å². The molecular weight excluding hydrogens is 452 g/mol. The van der Waals surface area contributed by atoms with Crippen LogP contribution >= 0.6 is 0 Å². The predicted molar refractivity (Wildman–Crippen MR) is 125 cm³/mol. The number of primary amides is 1. The zero-order chi connectivity index (χ0) is 25.0. The van der Waals surface area contributed by atoms with Gasteiger partial charge in [0.1, 0.15) is 6.23 Å². The summed E-state index contributed by atoms with van der Waals surface area (Å²) in [5.41, 5.74) is 5.05. The summed E-state index contributed by atoms with van der Waals surface area (Å²) >= 11 is 0. The van der Waals surface area contributed by atoms with Crippen molar-refractivity contribution in [1.29, 1.82) is 0 Å². The molecule has 0 aliphatic rings. The topological polar surface area (TPSA) is 149 Å². The molecule has 0 rings (SSSR count). The highest BCUT2D eigenvalue weighted by Crippen LogP contribution is 1.97. The number of nitrogens with one attached hydrogen (secondary N) is 1. The van der Waals surface area contributed by atoms with Gasteiger partial charge >= 0.3 is 0 Å². The van der Waals surface area contributed by atoms with E-state index in [4.69, 9.17) is 43.6 Å². The van der Waals surface area contributed by atoms with E-state index in [0.29, 0.717) is 118 Å². The van der Waals surface area contributed by atoms with Crippen LogP contribution in [0.3, 0.4) is 0 Å². The highest BCUT2D eigenvalue weighted by Gasteiger charge is 2.03. The van der Waals surface area contributed by atoms with Crippen LogP contribution in [-0.2, 0) is 42.7 Å². The fraction of sp³-hybridized carbons (Fsp3) is 0.955. The first-order valence-electron chi connectivity index (χ1n) is 11.9. The molecule has 0 fully saturated rings. The Hall–Kier alpha value is -0.930. The van der Waals surface area contributed by atoms with Gasteiger partial charge in [-0.2, -0.15) is 0 Å². The van der Waals surface area contributed by atoms with Crippen molar-refractivity contribution in [1.82, 2.24) is 5.32 Å². The number of methoxy groups -OCH3 is 1. The molecule has 0 aromatic rings. The van der Waals surface area contributed by atoms with Crippen molar-refractivity contribution < 1.29 is 47.8 Å². The van der Waals surface area contributed by atoms with Crippen molar-refractivity contribution in [2.45, 2.75) is 25.5 Å². The van der Waals surface area contributed by atoms with Gasteiger partial charge in [0.05, 0.1) is 99.1 Å². The van der Waals surface area contributed by atoms with Crippen LogP contribution in [0.5, 0.6) is 0 Å². The van der Waals surface area contributed by atoms with Gasteiger partial charge in [0.2, 0.25) is 5.91 Å². The third-order valence-electron chi connectivity index (χ3n) is 4.19. The minimum atomic E-state index is -0.658. The summed E-state index contributed by atoms with van der Waals surface area (Å²) in [4.78, 5) is 10.6. The molecule has 12 nitrogen and oxygen atoms in total. The molecule has 0 aromatic heterocycles. The first kappa shape index (κ1) is 33.1. The SMILES string of the molecule is COCCOCCOCCOCCOCCOCCOCCOCCNC(O)CCCC(N)=O. The Balaban J connectivity index is 3.08. The van der Waals surface area contributed by atoms with E-state index in [1.54, 1.807) is 7.11 Å². The van der Waals surface area contributed by atoms with Crippen LogP contribution < -0.4 is 11.1 Å². The fourth-order valence-electron chi connectivity index (χ4n) is 2.43. The zero-order valence-corrected chi connectivity index (χ0v) is 20.7. The first-order chi connectivity index (χ1) is 16.7. The molecule has 0 aliphatic carbocycles. The average Bonchev–Trinajstić information content (AvgIpc) is 2.81. The van der Waals surface area contributed by atoms with Crippen molar-refractivity contribution in [2.24, 2.45) is 5.73 Å². The maximum Gasteiger partial charge on any atom is 0.217 e. The minimum absolute atomic E-state index is 0.280. The van der Waals surface area contributed by atoms with E-state index in [9.17, 15) is 9.90 Å². The number of rotatable bonds is 29. The number of amides is 1. The lowest BCUT2D eigenvalue weighted by Crippen LogP contribution is -2.32. The summed E-state index contributed by atoms with van der Waals surface area (Å²) in [6.07, 6.45) is 0.662. The van der Waals surface area contributed by atoms with Crippen LogP contribution in [-0.4, -0.2) is 130 Å². The lowest BCUT2D eigenvalue weighted by molar-refractivity contribution is -0.118. The van der Waals surface area contributed by atoms with Crippen molar-refractivity contribution in [3.8, 4) is 0 Å². The van der Waals surface area contributed by atoms with Crippen LogP contribution in [0.4, 0.5) is 0 Å². The van der Waals surface area contributed by atoms with Crippen LogP contribution in [0.25, 0.3) is 0 Å². The van der Waals surface area contributed by atoms with Crippen LogP contribution in [0.2, 0.25) is 0 Å². The monoisotopic (exact) mass is 498 g/mol. The Kier molecular flexibility index (Phi) is 27.5. The molecule has 12 heteroatoms. The maximum atomic E-state index is 10.6. The van der Waals surface area contributed by atoms with E-state index in [1.165, 1.54) is 0 Å². The first-order valence-corrected chi connectivity index (χ1v) is 11.9. The van der Waals surface area contributed by atoms with E-state index in [2.05, 4.69) is 5.32 Å². The average molecular weight is 499 g/mol. The number of carbonyl (C=O) groups excluding carboxylic acids is 1. The summed E-state index contributed by atoms with van der Waals surface area (Å²) < 4.78 is 42.6. The molecule has 0 saturated heterocycles. The van der Waals surface area contributed by atoms with Gasteiger partial charge in [0, 0.05) is 20.1 Å². The standard InChI is InChI=1S/C22H46N2O10/c1-27-7-8-29-11-12-31-15-16-33-19-20-34-18-17-32-14-13-30-10-9-28-6-5-24-22(26)4-2-3-21(23)25/h22,24,26H,2-20H2,1H3,(H2,23,25). The molecular formula is C22H46N2O10. The Bertz CT molecular complexity index is 421. The summed E-state index contributed by atoms with van der Waals surface area (Å²) in [5, 5.41) is 12.6. The Morgan fingerprint density at radius 2 is 1.03 bits per heavy atom. The highest BCUT2D eigenvalue weighted by atomic mass is 16.6. The predicted octanol–water partition coefficient (Wildman–Crippen LogP) is -0.687. The van der Waals surface area contributed by atoms with Gasteiger partial charge in [-0.15, -0.1) is 0 Å². The second-order valence-corrected chi connectivity index (χ2v) is 7.11. The summed E-state index contributed by atoms with van der Waals surface area (Å²) in [7, 11) is 1.64. The van der Waals surface area contributed by atoms with Gasteiger partial charge < -0.3 is 48.7 Å². The fourth-order valence-corrected chi connectivity index (χ4v) is 2.43. The smallest absolute Gasteiger partial charge is 0.217 e. The Morgan fingerprint density at radius 3 is 1.38 bits per heavy atom. The van der Waals surface area contributed by atoms with E-state index >= 15 is 0 Å². The number of carbonyl (C=O) groups is 1. The molecule has 0 aliphatic heterocycles. The molecule has 0 heterocycles. The second kappa shape index (κ2) is 28.3. The Morgan fingerprint density at radius 1 is 0.676 bits per heavy atom. The minimum Gasteiger partial charge on any atom is -0.382 e. The van der Waals surface area contributed by atoms with Gasteiger partial charge in [-0.3, -0.25) is 10.1 Å². The van der Waals surface area contributed by atoms with Gasteiger partial charge in [-0.1, -0.05) is 0 Å². The lowest BCUT2D eigenvalue weighted by atomic mass is 10.2. The highest BCUT2D eigenvalue weighted by molar-refractivity contribution is 5.73. The van der Waals surface area contributed by atoms with Crippen LogP contribution in [0.1, 0.15) is 19.3 Å². The van der Waals surface area contributed by atoms with Crippen molar-refractivity contribution in [3.63, 3.8) is 0 Å². The molecule has 4 N–H and O–H groups in total. The van der Waals surface area contributed by atoms with Crippen LogP contribution in [0.15, 0.2) is 0 Å². The van der Waals surface area contributed by atoms with E-state index < -0.39 is 6.23 Å². The van der Waals surface area contributed by atoms with Crippen molar-refractivity contribution in [3.05, 3.63) is 0 Å². The molecule has 1 amide bonds. The summed E-state index contributed by atoms with van der Waals surface area (Å²) in [5.74, 6) is -0.356. The summed E-state index contributed by atoms with van der Waals surface area (Å²) in [6.45, 7) is 8.25. The molecule has 1 unspecified atom stereocenters. The summed E-state index contributed by atoms with van der Waals surface area (Å²) in [6, 6.07) is 0. The van der Waals surface area contributed by atoms with E-state index in [0.717, 1.165) is 0 Å². The molecule has 0 radical (unpaired) electrons. The second-order valence-electron chi connectivity index (χ2n) is 7.11. The molecule has 0 spiro atoms. The number of nitrogens with two attached hydrogens (primary N) is 1. The molecule has 204 valence electrons. The molecule has 0 bridgehead atoms. The van der Waals surface area contributed by atoms with E-state index in [-0.39, 0.29) is 12.3 Å². The Labute approximate surface area is 203 Å². The van der Waals surface area contributed by atoms with Gasteiger partial charge in [-0.25, -0.2) is 0 Å². The number of hydrogen-bond donors (Lipinski definition) is 3. The largest absolute Gasteiger partial charge is 0.382 e. The number of aliphatic hydroxyl groups is 1. The number of aliphatic hydroxyl groups excluding tert-OH is 1. The normalized spacial score (nSPS) is 12.3. The number of hydrogen-bond acceptors (Lipinski definition) is 11. The number of ether oxygens (including phenoxy) is 8. The van der Waals surface area contributed by atoms with Crippen LogP contribution in [0, 0.1) is 0 Å². The third kappa shape index (κ3) is 29.1. The van der Waals surface area contributed by atoms with Gasteiger partial charge in [0.15, 0.2) is 0 Å². The van der Waals surface area contributed by atoms with Gasteiger partial charge in [-0.05, 0) is 12.8 Å². The molecule has 1 atom stereocenters. The maximum absolute atomic E-state index is 10.6. The zero-order valence-electron chi connectivity index (χ0n) is 20.7.